The van der Waals surface area contributed by atoms with Gasteiger partial charge in [-0.1, -0.05) is 5.16 Å². The fourth-order valence-electron chi connectivity index (χ4n) is 1.28. The normalized spacial score (nSPS) is 10.7. The fraction of sp³-hybridized carbons (Fsp3) is 0. The Bertz CT molecular complexity index is 490. The quantitative estimate of drug-likeness (QED) is 0.679. The second kappa shape index (κ2) is 3.09. The number of imidazole rings is 1. The van der Waals surface area contributed by atoms with Crippen LogP contribution in [-0.4, -0.2) is 20.1 Å². The molecule has 0 aromatic carbocycles. The summed E-state index contributed by atoms with van der Waals surface area (Å²) >= 11 is 0. The molecule has 3 heterocycles. The molecule has 73 valence electrons. The van der Waals surface area contributed by atoms with Crippen LogP contribution in [0.3, 0.4) is 0 Å². The zero-order valence-electron chi connectivity index (χ0n) is 7.47. The molecule has 0 fully saturated rings. The summed E-state index contributed by atoms with van der Waals surface area (Å²) in [6.45, 7) is 0. The van der Waals surface area contributed by atoms with Crippen LogP contribution in [0, 0.1) is 6.33 Å². The van der Waals surface area contributed by atoms with E-state index in [1.807, 2.05) is 0 Å². The molecule has 0 saturated heterocycles. The van der Waals surface area contributed by atoms with E-state index >= 15 is 0 Å². The number of H-pyrrole nitrogens is 1. The summed E-state index contributed by atoms with van der Waals surface area (Å²) < 4.78 is 9.90. The Labute approximate surface area is 84.0 Å². The molecule has 15 heavy (non-hydrogen) atoms. The van der Waals surface area contributed by atoms with Crippen LogP contribution in [0.5, 0.6) is 0 Å². The zero-order valence-corrected chi connectivity index (χ0v) is 7.47. The van der Waals surface area contributed by atoms with Crippen molar-refractivity contribution in [1.82, 2.24) is 20.1 Å². The van der Waals surface area contributed by atoms with E-state index in [1.54, 1.807) is 12.3 Å². The Morgan fingerprint density at radius 3 is 3.07 bits per heavy atom. The molecular weight excluding hydrogens is 196 g/mol. The zero-order chi connectivity index (χ0) is 10.1. The molecule has 0 unspecified atom stereocenters. The first-order valence-electron chi connectivity index (χ1n) is 4.22. The second-order valence-corrected chi connectivity index (χ2v) is 2.79. The number of hydrogen-bond acceptors (Lipinski definition) is 5. The fourth-order valence-corrected chi connectivity index (χ4v) is 1.28. The minimum Gasteiger partial charge on any atom is -0.443 e. The maximum absolute atomic E-state index is 5.16. The third-order valence-electron chi connectivity index (χ3n) is 1.91. The molecule has 0 aliphatic carbocycles. The Morgan fingerprint density at radius 2 is 2.33 bits per heavy atom. The Hall–Kier alpha value is -2.37. The van der Waals surface area contributed by atoms with Gasteiger partial charge < -0.3 is 13.9 Å². The number of aromatic nitrogens is 4. The van der Waals surface area contributed by atoms with Gasteiger partial charge in [-0.3, -0.25) is 0 Å². The van der Waals surface area contributed by atoms with Gasteiger partial charge in [0.2, 0.25) is 5.89 Å². The third kappa shape index (κ3) is 1.23. The van der Waals surface area contributed by atoms with Gasteiger partial charge in [0, 0.05) is 6.07 Å². The van der Waals surface area contributed by atoms with Gasteiger partial charge in [0.1, 0.15) is 29.6 Å². The molecule has 0 amide bonds. The van der Waals surface area contributed by atoms with E-state index in [0.717, 1.165) is 0 Å². The summed E-state index contributed by atoms with van der Waals surface area (Å²) in [5.74, 6) is 0.446. The Kier molecular flexibility index (Phi) is 1.64. The lowest BCUT2D eigenvalue weighted by Gasteiger charge is -1.92. The van der Waals surface area contributed by atoms with E-state index in [1.165, 1.54) is 12.5 Å². The number of rotatable bonds is 2. The lowest BCUT2D eigenvalue weighted by molar-refractivity contribution is 0.422. The molecule has 6 heteroatoms. The van der Waals surface area contributed by atoms with Gasteiger partial charge in [-0.15, -0.1) is 0 Å². The van der Waals surface area contributed by atoms with E-state index in [4.69, 9.17) is 8.94 Å². The number of aromatic amines is 1. The molecule has 3 rings (SSSR count). The lowest BCUT2D eigenvalue weighted by Crippen LogP contribution is -1.83. The first-order chi connectivity index (χ1) is 7.45. The summed E-state index contributed by atoms with van der Waals surface area (Å²) in [6, 6.07) is 1.70. The van der Waals surface area contributed by atoms with Crippen molar-refractivity contribution in [2.24, 2.45) is 0 Å². The van der Waals surface area contributed by atoms with Gasteiger partial charge in [-0.2, -0.15) is 0 Å². The number of nitrogens with zero attached hydrogens (tertiary/aromatic N) is 3. The van der Waals surface area contributed by atoms with E-state index in [2.05, 4.69) is 26.4 Å². The Morgan fingerprint density at radius 1 is 1.33 bits per heavy atom. The molecule has 0 bridgehead atoms. The highest BCUT2D eigenvalue weighted by Crippen LogP contribution is 2.25. The molecule has 1 radical (unpaired) electrons. The third-order valence-corrected chi connectivity index (χ3v) is 1.91. The summed E-state index contributed by atoms with van der Waals surface area (Å²) in [5.41, 5.74) is 1.85. The van der Waals surface area contributed by atoms with Crippen molar-refractivity contribution in [3.63, 3.8) is 0 Å². The Balaban J connectivity index is 2.15. The molecule has 6 nitrogen and oxygen atoms in total. The maximum atomic E-state index is 5.16. The number of nitrogens with one attached hydrogen (secondary N) is 1. The summed E-state index contributed by atoms with van der Waals surface area (Å²) in [7, 11) is 0. The topological polar surface area (TPSA) is 80.7 Å². The van der Waals surface area contributed by atoms with Gasteiger partial charge in [-0.05, 0) is 0 Å². The van der Waals surface area contributed by atoms with Crippen LogP contribution < -0.4 is 0 Å². The van der Waals surface area contributed by atoms with Crippen molar-refractivity contribution in [3.8, 4) is 23.0 Å². The molecule has 3 aromatic heterocycles. The van der Waals surface area contributed by atoms with Crippen LogP contribution in [0.25, 0.3) is 23.0 Å². The van der Waals surface area contributed by atoms with Crippen LogP contribution in [0.2, 0.25) is 0 Å². The molecule has 0 atom stereocenters. The van der Waals surface area contributed by atoms with Crippen molar-refractivity contribution in [1.29, 1.82) is 0 Å². The minimum absolute atomic E-state index is 0.446. The van der Waals surface area contributed by atoms with E-state index in [-0.39, 0.29) is 0 Å². The predicted molar refractivity (Wildman–Crippen MR) is 48.4 cm³/mol. The predicted octanol–water partition coefficient (Wildman–Crippen LogP) is 1.52. The summed E-state index contributed by atoms with van der Waals surface area (Å²) in [6.07, 6.45) is 7.14. The molecule has 0 aliphatic rings. The number of hydrogen-bond donors (Lipinski definition) is 1. The largest absolute Gasteiger partial charge is 0.443 e. The molecule has 3 aromatic rings. The SMILES string of the molecule is [c]1nc(-c2ccon2)c(-c2ncco2)[nH]1. The first kappa shape index (κ1) is 7.98. The number of oxazole rings is 1. The highest BCUT2D eigenvalue weighted by atomic mass is 16.5. The van der Waals surface area contributed by atoms with Crippen molar-refractivity contribution in [2.75, 3.05) is 0 Å². The molecule has 1 N–H and O–H groups in total. The van der Waals surface area contributed by atoms with Crippen LogP contribution in [0.1, 0.15) is 0 Å². The van der Waals surface area contributed by atoms with Crippen molar-refractivity contribution >= 4 is 0 Å². The highest BCUT2D eigenvalue weighted by Gasteiger charge is 2.15. The molecular formula is C9H5N4O2. The van der Waals surface area contributed by atoms with Crippen LogP contribution in [-0.2, 0) is 0 Å². The van der Waals surface area contributed by atoms with Crippen LogP contribution >= 0.6 is 0 Å². The molecule has 0 aliphatic heterocycles. The van der Waals surface area contributed by atoms with Crippen molar-refractivity contribution in [3.05, 3.63) is 31.1 Å². The summed E-state index contributed by atoms with van der Waals surface area (Å²) in [4.78, 5) is 10.8. The van der Waals surface area contributed by atoms with Crippen molar-refractivity contribution < 1.29 is 8.94 Å². The highest BCUT2D eigenvalue weighted by molar-refractivity contribution is 5.70. The van der Waals surface area contributed by atoms with E-state index in [9.17, 15) is 0 Å². The smallest absolute Gasteiger partial charge is 0.245 e. The first-order valence-corrected chi connectivity index (χ1v) is 4.22. The van der Waals surface area contributed by atoms with Gasteiger partial charge >= 0.3 is 0 Å². The van der Waals surface area contributed by atoms with Crippen LogP contribution in [0.15, 0.2) is 33.7 Å². The van der Waals surface area contributed by atoms with Gasteiger partial charge in [-0.25, -0.2) is 9.97 Å². The summed E-state index contributed by atoms with van der Waals surface area (Å²) in [5, 5.41) is 3.78. The molecule has 0 saturated carbocycles. The van der Waals surface area contributed by atoms with Crippen LogP contribution in [0.4, 0.5) is 0 Å². The minimum atomic E-state index is 0.446. The lowest BCUT2D eigenvalue weighted by atomic mass is 10.2. The monoisotopic (exact) mass is 201 g/mol. The van der Waals surface area contributed by atoms with E-state index < -0.39 is 0 Å². The standard InChI is InChI=1S/C9H5N4O2/c1-3-15-13-6(1)7-8(12-5-11-7)9-10-2-4-14-9/h1-4H,(H,11,12). The van der Waals surface area contributed by atoms with Gasteiger partial charge in [0.25, 0.3) is 0 Å². The second-order valence-electron chi connectivity index (χ2n) is 2.79. The molecule has 0 spiro atoms. The van der Waals surface area contributed by atoms with Crippen molar-refractivity contribution in [2.45, 2.75) is 0 Å². The van der Waals surface area contributed by atoms with Gasteiger partial charge in [0.05, 0.1) is 6.20 Å². The average Bonchev–Trinajstić information content (AvgIpc) is 3.01. The average molecular weight is 201 g/mol. The maximum Gasteiger partial charge on any atom is 0.245 e. The van der Waals surface area contributed by atoms with E-state index in [0.29, 0.717) is 23.0 Å². The van der Waals surface area contributed by atoms with Gasteiger partial charge in [0.15, 0.2) is 6.33 Å².